The second kappa shape index (κ2) is 8.46. The van der Waals surface area contributed by atoms with Crippen LogP contribution < -0.4 is 10.2 Å². The molecule has 0 saturated carbocycles. The number of nitrogens with zero attached hydrogens (tertiary/aromatic N) is 3. The lowest BCUT2D eigenvalue weighted by atomic mass is 10.2. The molecule has 0 radical (unpaired) electrons. The van der Waals surface area contributed by atoms with Gasteiger partial charge in [0, 0.05) is 18.8 Å². The van der Waals surface area contributed by atoms with Gasteiger partial charge in [0.2, 0.25) is 0 Å². The molecule has 0 aliphatic carbocycles. The molecule has 1 amide bonds. The molecule has 2 heterocycles. The summed E-state index contributed by atoms with van der Waals surface area (Å²) in [5, 5.41) is 10.1. The fourth-order valence-electron chi connectivity index (χ4n) is 2.84. The third-order valence-electron chi connectivity index (χ3n) is 4.40. The molecule has 1 aliphatic heterocycles. The molecule has 154 valence electrons. The van der Waals surface area contributed by atoms with Crippen molar-refractivity contribution in [3.8, 4) is 0 Å². The molecular formula is C19H19F3N4O3. The van der Waals surface area contributed by atoms with Crippen molar-refractivity contribution in [2.45, 2.75) is 32.0 Å². The lowest BCUT2D eigenvalue weighted by molar-refractivity contribution is -0.137. The van der Waals surface area contributed by atoms with E-state index in [0.717, 1.165) is 38.1 Å². The summed E-state index contributed by atoms with van der Waals surface area (Å²) in [5.74, 6) is -0.953. The second-order valence-electron chi connectivity index (χ2n) is 6.59. The van der Waals surface area contributed by atoms with Gasteiger partial charge in [0.25, 0.3) is 5.91 Å². The molecule has 1 saturated heterocycles. The Balaban J connectivity index is 1.58. The fraction of sp³-hybridized carbons (Fsp3) is 0.368. The summed E-state index contributed by atoms with van der Waals surface area (Å²) in [4.78, 5) is 26.4. The molecule has 1 N–H and O–H groups in total. The van der Waals surface area contributed by atoms with Crippen molar-refractivity contribution in [1.82, 2.24) is 10.2 Å². The zero-order chi connectivity index (χ0) is 21.0. The number of nitrogens with one attached hydrogen (secondary N) is 1. The number of anilines is 2. The van der Waals surface area contributed by atoms with Gasteiger partial charge in [-0.1, -0.05) is 6.07 Å². The first-order valence-electron chi connectivity index (χ1n) is 9.02. The van der Waals surface area contributed by atoms with Crippen LogP contribution in [0.2, 0.25) is 0 Å². The Morgan fingerprint density at radius 1 is 1.14 bits per heavy atom. The highest BCUT2D eigenvalue weighted by Crippen LogP contribution is 2.30. The number of hydrogen-bond acceptors (Lipinski definition) is 6. The van der Waals surface area contributed by atoms with Gasteiger partial charge in [0.05, 0.1) is 5.56 Å². The van der Waals surface area contributed by atoms with E-state index in [1.54, 1.807) is 6.07 Å². The Hall–Kier alpha value is -3.17. The van der Waals surface area contributed by atoms with Crippen molar-refractivity contribution < 1.29 is 27.5 Å². The first-order chi connectivity index (χ1) is 13.7. The second-order valence-corrected chi connectivity index (χ2v) is 6.59. The van der Waals surface area contributed by atoms with E-state index in [2.05, 4.69) is 15.5 Å². The third-order valence-corrected chi connectivity index (χ3v) is 4.40. The van der Waals surface area contributed by atoms with Crippen LogP contribution in [0, 0.1) is 0 Å². The number of hydrogen-bond donors (Lipinski definition) is 1. The number of carbonyl (C=O) groups is 2. The largest absolute Gasteiger partial charge is 0.448 e. The predicted octanol–water partition coefficient (Wildman–Crippen LogP) is 3.28. The van der Waals surface area contributed by atoms with Gasteiger partial charge >= 0.3 is 12.1 Å². The van der Waals surface area contributed by atoms with Crippen LogP contribution >= 0.6 is 0 Å². The number of esters is 1. The maximum absolute atomic E-state index is 12.8. The van der Waals surface area contributed by atoms with Crippen molar-refractivity contribution in [2.24, 2.45) is 0 Å². The minimum absolute atomic E-state index is 0.0533. The Labute approximate surface area is 164 Å². The Morgan fingerprint density at radius 3 is 2.48 bits per heavy atom. The minimum atomic E-state index is -4.53. The predicted molar refractivity (Wildman–Crippen MR) is 98.4 cm³/mol. The fourth-order valence-corrected chi connectivity index (χ4v) is 2.84. The van der Waals surface area contributed by atoms with Crippen LogP contribution in [0.1, 0.15) is 35.8 Å². The molecule has 0 spiro atoms. The van der Waals surface area contributed by atoms with Crippen molar-refractivity contribution in [3.05, 3.63) is 47.7 Å². The number of halogens is 3. The molecule has 3 rings (SSSR count). The first kappa shape index (κ1) is 20.6. The van der Waals surface area contributed by atoms with E-state index in [0.29, 0.717) is 5.82 Å². The van der Waals surface area contributed by atoms with E-state index < -0.39 is 29.7 Å². The SMILES string of the molecule is CC(OC(=O)c1ccc(N2CCCC2)nn1)C(=O)Nc1cccc(C(F)(F)F)c1. The van der Waals surface area contributed by atoms with Gasteiger partial charge in [-0.15, -0.1) is 10.2 Å². The molecular weight excluding hydrogens is 389 g/mol. The molecule has 0 bridgehead atoms. The molecule has 1 aliphatic rings. The van der Waals surface area contributed by atoms with E-state index in [9.17, 15) is 22.8 Å². The summed E-state index contributed by atoms with van der Waals surface area (Å²) in [5.41, 5.74) is -1.01. The van der Waals surface area contributed by atoms with Gasteiger partial charge in [-0.05, 0) is 50.1 Å². The molecule has 2 aromatic rings. The van der Waals surface area contributed by atoms with Gasteiger partial charge in [-0.25, -0.2) is 4.79 Å². The van der Waals surface area contributed by atoms with Crippen LogP contribution in [-0.4, -0.2) is 41.3 Å². The number of ether oxygens (including phenoxy) is 1. The maximum atomic E-state index is 12.8. The number of alkyl halides is 3. The van der Waals surface area contributed by atoms with Crippen molar-refractivity contribution in [3.63, 3.8) is 0 Å². The van der Waals surface area contributed by atoms with Gasteiger partial charge < -0.3 is 15.0 Å². The van der Waals surface area contributed by atoms with Crippen LogP contribution in [0.4, 0.5) is 24.7 Å². The highest BCUT2D eigenvalue weighted by Gasteiger charge is 2.30. The summed E-state index contributed by atoms with van der Waals surface area (Å²) in [6.07, 6.45) is -3.62. The van der Waals surface area contributed by atoms with Gasteiger partial charge in [-0.2, -0.15) is 13.2 Å². The molecule has 29 heavy (non-hydrogen) atoms. The topological polar surface area (TPSA) is 84.4 Å². The van der Waals surface area contributed by atoms with Crippen LogP contribution in [-0.2, 0) is 15.7 Å². The number of rotatable bonds is 5. The van der Waals surface area contributed by atoms with Crippen molar-refractivity contribution in [2.75, 3.05) is 23.3 Å². The lowest BCUT2D eigenvalue weighted by Crippen LogP contribution is -2.30. The van der Waals surface area contributed by atoms with Crippen molar-refractivity contribution >= 4 is 23.4 Å². The van der Waals surface area contributed by atoms with Gasteiger partial charge in [-0.3, -0.25) is 4.79 Å². The average Bonchev–Trinajstić information content (AvgIpc) is 3.22. The van der Waals surface area contributed by atoms with Crippen LogP contribution in [0.3, 0.4) is 0 Å². The maximum Gasteiger partial charge on any atom is 0.416 e. The first-order valence-corrected chi connectivity index (χ1v) is 9.02. The Kier molecular flexibility index (Phi) is 6.00. The standard InChI is InChI=1S/C19H19F3N4O3/c1-12(17(27)23-14-6-4-5-13(11-14)19(20,21)22)29-18(28)15-7-8-16(25-24-15)26-9-2-3-10-26/h4-8,11-12H,2-3,9-10H2,1H3,(H,23,27). The molecule has 1 atom stereocenters. The van der Waals surface area contributed by atoms with E-state index in [4.69, 9.17) is 4.74 Å². The van der Waals surface area contributed by atoms with Crippen molar-refractivity contribution in [1.29, 1.82) is 0 Å². The molecule has 1 aromatic carbocycles. The van der Waals surface area contributed by atoms with E-state index in [1.807, 2.05) is 4.90 Å². The summed E-state index contributed by atoms with van der Waals surface area (Å²) in [6.45, 7) is 3.07. The van der Waals surface area contributed by atoms with Gasteiger partial charge in [0.15, 0.2) is 17.6 Å². The van der Waals surface area contributed by atoms with Gasteiger partial charge in [0.1, 0.15) is 0 Å². The molecule has 10 heteroatoms. The lowest BCUT2D eigenvalue weighted by Gasteiger charge is -2.16. The highest BCUT2D eigenvalue weighted by atomic mass is 19.4. The third kappa shape index (κ3) is 5.21. The smallest absolute Gasteiger partial charge is 0.416 e. The quantitative estimate of drug-likeness (QED) is 0.765. The number of amides is 1. The molecule has 1 aromatic heterocycles. The number of benzene rings is 1. The van der Waals surface area contributed by atoms with Crippen LogP contribution in [0.5, 0.6) is 0 Å². The minimum Gasteiger partial charge on any atom is -0.448 e. The van der Waals surface area contributed by atoms with E-state index in [1.165, 1.54) is 25.1 Å². The number of carbonyl (C=O) groups excluding carboxylic acids is 2. The van der Waals surface area contributed by atoms with E-state index in [-0.39, 0.29) is 11.4 Å². The zero-order valence-electron chi connectivity index (χ0n) is 15.6. The van der Waals surface area contributed by atoms with Crippen LogP contribution in [0.15, 0.2) is 36.4 Å². The monoisotopic (exact) mass is 408 g/mol. The average molecular weight is 408 g/mol. The zero-order valence-corrected chi connectivity index (χ0v) is 15.6. The highest BCUT2D eigenvalue weighted by molar-refractivity contribution is 5.96. The summed E-state index contributed by atoms with van der Waals surface area (Å²) in [7, 11) is 0. The summed E-state index contributed by atoms with van der Waals surface area (Å²) >= 11 is 0. The molecule has 7 nitrogen and oxygen atoms in total. The number of aromatic nitrogens is 2. The molecule has 1 fully saturated rings. The normalized spacial score (nSPS) is 15.1. The summed E-state index contributed by atoms with van der Waals surface area (Å²) in [6, 6.07) is 7.29. The Morgan fingerprint density at radius 2 is 1.86 bits per heavy atom. The Bertz CT molecular complexity index is 881. The molecule has 1 unspecified atom stereocenters. The summed E-state index contributed by atoms with van der Waals surface area (Å²) < 4.78 is 43.3. The van der Waals surface area contributed by atoms with E-state index >= 15 is 0 Å². The van der Waals surface area contributed by atoms with Crippen LogP contribution in [0.25, 0.3) is 0 Å².